The average molecular weight is 371 g/mol. The maximum atomic E-state index is 14.1. The summed E-state index contributed by atoms with van der Waals surface area (Å²) in [6.07, 6.45) is 4.82. The van der Waals surface area contributed by atoms with Crippen LogP contribution in [0, 0.1) is 6.08 Å². The summed E-state index contributed by atoms with van der Waals surface area (Å²) >= 11 is 0. The van der Waals surface area contributed by atoms with Crippen molar-refractivity contribution in [2.45, 2.75) is 38.5 Å². The lowest BCUT2D eigenvalue weighted by Crippen LogP contribution is -2.12. The van der Waals surface area contributed by atoms with Crippen LogP contribution in [0.3, 0.4) is 0 Å². The first-order valence-electron chi connectivity index (χ1n) is 9.13. The molecule has 1 atom stereocenters. The molecule has 1 N–H and O–H groups in total. The molecule has 7 nitrogen and oxygen atoms in total. The van der Waals surface area contributed by atoms with Crippen LogP contribution in [-0.2, 0) is 11.3 Å². The minimum atomic E-state index is -0.786. The molecule has 1 fully saturated rings. The highest BCUT2D eigenvalue weighted by molar-refractivity contribution is 5.82. The number of nitrogens with one attached hydrogen (secondary N) is 1. The first kappa shape index (κ1) is 17.7. The number of rotatable bonds is 5. The zero-order chi connectivity index (χ0) is 18.6. The van der Waals surface area contributed by atoms with Crippen LogP contribution in [-0.4, -0.2) is 33.2 Å². The summed E-state index contributed by atoms with van der Waals surface area (Å²) in [5.74, 6) is 1.13. The van der Waals surface area contributed by atoms with Crippen LogP contribution in [0.2, 0.25) is 0 Å². The van der Waals surface area contributed by atoms with Crippen LogP contribution >= 0.6 is 0 Å². The Labute approximate surface area is 156 Å². The largest absolute Gasteiger partial charge is 0.497 e. The molecule has 142 valence electrons. The van der Waals surface area contributed by atoms with Crippen LogP contribution < -0.4 is 10.1 Å². The van der Waals surface area contributed by atoms with Crippen LogP contribution in [0.4, 0.5) is 10.2 Å². The second-order valence-corrected chi connectivity index (χ2v) is 6.55. The maximum Gasteiger partial charge on any atom is 0.312 e. The Morgan fingerprint density at radius 2 is 2.22 bits per heavy atom. The molecule has 3 heterocycles. The average Bonchev–Trinajstić information content (AvgIpc) is 2.92. The molecule has 8 heteroatoms. The predicted molar refractivity (Wildman–Crippen MR) is 99.1 cm³/mol. The van der Waals surface area contributed by atoms with Gasteiger partial charge in [-0.15, -0.1) is 0 Å². The summed E-state index contributed by atoms with van der Waals surface area (Å²) in [5, 5.41) is 3.16. The first-order valence-corrected chi connectivity index (χ1v) is 9.13. The van der Waals surface area contributed by atoms with Crippen molar-refractivity contribution in [1.29, 1.82) is 0 Å². The Hall–Kier alpha value is -2.74. The summed E-state index contributed by atoms with van der Waals surface area (Å²) in [5.41, 5.74) is 1.97. The smallest absolute Gasteiger partial charge is 0.312 e. The zero-order valence-electron chi connectivity index (χ0n) is 15.2. The number of imidazole rings is 1. The van der Waals surface area contributed by atoms with E-state index in [1.807, 2.05) is 28.8 Å². The number of halogens is 1. The summed E-state index contributed by atoms with van der Waals surface area (Å²) in [4.78, 5) is 12.3. The van der Waals surface area contributed by atoms with Crippen LogP contribution in [0.1, 0.15) is 37.5 Å². The second kappa shape index (κ2) is 7.87. The van der Waals surface area contributed by atoms with E-state index in [9.17, 15) is 4.39 Å². The Morgan fingerprint density at radius 1 is 1.30 bits per heavy atom. The molecule has 1 unspecified atom stereocenters. The lowest BCUT2D eigenvalue weighted by atomic mass is 10.2. The lowest BCUT2D eigenvalue weighted by molar-refractivity contribution is 0.00928. The summed E-state index contributed by atoms with van der Waals surface area (Å²) in [6.45, 7) is 1.16. The number of benzene rings is 1. The maximum absolute atomic E-state index is 14.1. The fourth-order valence-electron chi connectivity index (χ4n) is 3.31. The number of hydrogen-bond donors (Lipinski definition) is 1. The fourth-order valence-corrected chi connectivity index (χ4v) is 3.31. The third-order valence-corrected chi connectivity index (χ3v) is 4.70. The van der Waals surface area contributed by atoms with E-state index in [2.05, 4.69) is 20.3 Å². The number of aromatic nitrogens is 4. The molecule has 0 amide bonds. The van der Waals surface area contributed by atoms with Crippen molar-refractivity contribution in [2.75, 3.05) is 19.0 Å². The molecule has 1 aliphatic heterocycles. The molecule has 0 radical (unpaired) electrons. The molecular weight excluding hydrogens is 349 g/mol. The van der Waals surface area contributed by atoms with Gasteiger partial charge in [0.05, 0.1) is 13.4 Å². The predicted octanol–water partition coefficient (Wildman–Crippen LogP) is 3.68. The topological polar surface area (TPSA) is 74.1 Å². The third-order valence-electron chi connectivity index (χ3n) is 4.70. The van der Waals surface area contributed by atoms with Gasteiger partial charge in [-0.1, -0.05) is 18.6 Å². The van der Waals surface area contributed by atoms with E-state index >= 15 is 0 Å². The Balaban J connectivity index is 1.61. The Bertz CT molecular complexity index is 922. The number of nitrogens with zero attached hydrogens (tertiary/aromatic N) is 4. The standard InChI is InChI=1S/C19H22FN5O2/c1-26-14-7-5-6-13(10-14)11-21-17-16-18(24-19(20)23-17)25(12-22-16)15-8-3-2-4-9-27-15/h5-7,10,12,15H,2-4,8-9,11H2,1H3,(H,21,23,24). The van der Waals surface area contributed by atoms with E-state index in [0.29, 0.717) is 30.1 Å². The fraction of sp³-hybridized carbons (Fsp3) is 0.421. The highest BCUT2D eigenvalue weighted by Crippen LogP contribution is 2.27. The molecule has 1 saturated heterocycles. The number of ether oxygens (including phenoxy) is 2. The third kappa shape index (κ3) is 3.85. The van der Waals surface area contributed by atoms with Gasteiger partial charge in [-0.25, -0.2) is 4.98 Å². The van der Waals surface area contributed by atoms with Gasteiger partial charge in [0.2, 0.25) is 0 Å². The van der Waals surface area contributed by atoms with E-state index < -0.39 is 6.08 Å². The zero-order valence-corrected chi connectivity index (χ0v) is 15.2. The van der Waals surface area contributed by atoms with Gasteiger partial charge in [-0.05, 0) is 37.0 Å². The lowest BCUT2D eigenvalue weighted by Gasteiger charge is -2.17. The Kier molecular flexibility index (Phi) is 5.15. The molecule has 0 aliphatic carbocycles. The van der Waals surface area contributed by atoms with Crippen molar-refractivity contribution in [3.05, 3.63) is 42.2 Å². The van der Waals surface area contributed by atoms with Gasteiger partial charge < -0.3 is 14.8 Å². The van der Waals surface area contributed by atoms with E-state index in [4.69, 9.17) is 9.47 Å². The van der Waals surface area contributed by atoms with Crippen molar-refractivity contribution in [3.63, 3.8) is 0 Å². The number of methoxy groups -OCH3 is 1. The molecule has 0 saturated carbocycles. The molecule has 1 aliphatic rings. The minimum Gasteiger partial charge on any atom is -0.497 e. The van der Waals surface area contributed by atoms with Gasteiger partial charge in [-0.2, -0.15) is 14.4 Å². The highest BCUT2D eigenvalue weighted by atomic mass is 19.1. The van der Waals surface area contributed by atoms with Crippen molar-refractivity contribution in [1.82, 2.24) is 19.5 Å². The monoisotopic (exact) mass is 371 g/mol. The summed E-state index contributed by atoms with van der Waals surface area (Å²) in [6, 6.07) is 7.66. The van der Waals surface area contributed by atoms with Gasteiger partial charge in [0.15, 0.2) is 17.0 Å². The van der Waals surface area contributed by atoms with Crippen LogP contribution in [0.15, 0.2) is 30.6 Å². The molecular formula is C19H22FN5O2. The van der Waals surface area contributed by atoms with Crippen molar-refractivity contribution in [2.24, 2.45) is 0 Å². The molecule has 27 heavy (non-hydrogen) atoms. The molecule has 2 aromatic heterocycles. The van der Waals surface area contributed by atoms with E-state index in [0.717, 1.165) is 37.0 Å². The van der Waals surface area contributed by atoms with Crippen molar-refractivity contribution < 1.29 is 13.9 Å². The quantitative estimate of drug-likeness (QED) is 0.690. The van der Waals surface area contributed by atoms with Gasteiger partial charge in [0, 0.05) is 13.2 Å². The minimum absolute atomic E-state index is 0.168. The molecule has 4 rings (SSSR count). The highest BCUT2D eigenvalue weighted by Gasteiger charge is 2.20. The van der Waals surface area contributed by atoms with Gasteiger partial charge in [0.1, 0.15) is 12.0 Å². The van der Waals surface area contributed by atoms with Gasteiger partial charge >= 0.3 is 6.08 Å². The second-order valence-electron chi connectivity index (χ2n) is 6.55. The Morgan fingerprint density at radius 3 is 3.11 bits per heavy atom. The van der Waals surface area contributed by atoms with E-state index in [1.54, 1.807) is 13.4 Å². The number of hydrogen-bond acceptors (Lipinski definition) is 6. The van der Waals surface area contributed by atoms with Crippen molar-refractivity contribution >= 4 is 17.0 Å². The molecule has 0 bridgehead atoms. The van der Waals surface area contributed by atoms with E-state index in [1.165, 1.54) is 0 Å². The molecule has 1 aromatic carbocycles. The van der Waals surface area contributed by atoms with Gasteiger partial charge in [0.25, 0.3) is 0 Å². The molecule has 0 spiro atoms. The molecule has 3 aromatic rings. The number of fused-ring (bicyclic) bond motifs is 1. The van der Waals surface area contributed by atoms with E-state index in [-0.39, 0.29) is 6.23 Å². The van der Waals surface area contributed by atoms with Crippen LogP contribution in [0.25, 0.3) is 11.2 Å². The first-order chi connectivity index (χ1) is 13.2. The van der Waals surface area contributed by atoms with Gasteiger partial charge in [-0.3, -0.25) is 4.57 Å². The van der Waals surface area contributed by atoms with Crippen LogP contribution in [0.5, 0.6) is 5.75 Å². The SMILES string of the molecule is COc1cccc(CNc2nc(F)nc3c2ncn3C2CCCCCO2)c1. The summed E-state index contributed by atoms with van der Waals surface area (Å²) in [7, 11) is 1.62. The number of anilines is 1. The summed E-state index contributed by atoms with van der Waals surface area (Å²) < 4.78 is 27.0. The normalized spacial score (nSPS) is 17.6. The van der Waals surface area contributed by atoms with Crippen molar-refractivity contribution in [3.8, 4) is 5.75 Å².